The van der Waals surface area contributed by atoms with Gasteiger partial charge >= 0.3 is 5.97 Å². The van der Waals surface area contributed by atoms with Gasteiger partial charge in [-0.05, 0) is 0 Å². The summed E-state index contributed by atoms with van der Waals surface area (Å²) < 4.78 is 19.9. The highest BCUT2D eigenvalue weighted by Crippen LogP contribution is 2.00. The third-order valence-electron chi connectivity index (χ3n) is 2.40. The van der Waals surface area contributed by atoms with Gasteiger partial charge in [0.05, 0.1) is 20.1 Å². The van der Waals surface area contributed by atoms with E-state index in [0.29, 0.717) is 26.1 Å². The maximum absolute atomic E-state index is 11.1. The van der Waals surface area contributed by atoms with Gasteiger partial charge in [-0.3, -0.25) is 9.69 Å². The number of nitrogens with zero attached hydrogens (tertiary/aromatic N) is 1. The summed E-state index contributed by atoms with van der Waals surface area (Å²) in [6.45, 7) is 2.50. The number of rotatable bonds is 10. The molecule has 6 heteroatoms. The highest BCUT2D eigenvalue weighted by Gasteiger charge is 2.14. The van der Waals surface area contributed by atoms with Crippen LogP contribution in [0.25, 0.3) is 0 Å². The molecule has 0 rings (SSSR count). The van der Waals surface area contributed by atoms with Crippen LogP contribution in [0, 0.1) is 0 Å². The molecule has 0 aliphatic heterocycles. The Morgan fingerprint density at radius 2 is 1.76 bits per heavy atom. The minimum Gasteiger partial charge on any atom is -0.469 e. The van der Waals surface area contributed by atoms with Crippen LogP contribution in [-0.4, -0.2) is 71.8 Å². The fraction of sp³-hybridized carbons (Fsp3) is 0.909. The average molecular weight is 249 g/mol. The van der Waals surface area contributed by atoms with Gasteiger partial charge in [0.25, 0.3) is 0 Å². The Kier molecular flexibility index (Phi) is 10.0. The number of carbonyl (C=O) groups excluding carboxylic acids is 1. The van der Waals surface area contributed by atoms with Gasteiger partial charge in [0.2, 0.25) is 0 Å². The monoisotopic (exact) mass is 249 g/mol. The predicted molar refractivity (Wildman–Crippen MR) is 62.8 cm³/mol. The Morgan fingerprint density at radius 1 is 1.12 bits per heavy atom. The largest absolute Gasteiger partial charge is 0.469 e. The summed E-state index contributed by atoms with van der Waals surface area (Å²) in [6, 6.07) is 0. The fourth-order valence-corrected chi connectivity index (χ4v) is 1.32. The molecule has 0 aliphatic rings. The third kappa shape index (κ3) is 8.09. The number of hydrogen-bond donors (Lipinski definition) is 0. The minimum absolute atomic E-state index is 0.223. The molecule has 0 aliphatic carbocycles. The molecule has 0 radical (unpaired) electrons. The second-order valence-corrected chi connectivity index (χ2v) is 3.52. The normalized spacial score (nSPS) is 11.2. The summed E-state index contributed by atoms with van der Waals surface area (Å²) in [7, 11) is 6.20. The Morgan fingerprint density at radius 3 is 2.24 bits per heavy atom. The lowest BCUT2D eigenvalue weighted by Gasteiger charge is -2.25. The zero-order valence-corrected chi connectivity index (χ0v) is 11.1. The first kappa shape index (κ1) is 16.3. The van der Waals surface area contributed by atoms with Crippen LogP contribution in [0.3, 0.4) is 0 Å². The molecule has 6 nitrogen and oxygen atoms in total. The van der Waals surface area contributed by atoms with Crippen LogP contribution >= 0.6 is 0 Å². The molecule has 0 aromatic rings. The van der Waals surface area contributed by atoms with Gasteiger partial charge < -0.3 is 18.9 Å². The van der Waals surface area contributed by atoms with E-state index in [1.807, 2.05) is 4.90 Å². The van der Waals surface area contributed by atoms with E-state index in [9.17, 15) is 4.79 Å². The van der Waals surface area contributed by atoms with Gasteiger partial charge in [0.1, 0.15) is 0 Å². The molecule has 0 N–H and O–H groups in total. The summed E-state index contributed by atoms with van der Waals surface area (Å²) >= 11 is 0. The lowest BCUT2D eigenvalue weighted by molar-refractivity contribution is -0.142. The van der Waals surface area contributed by atoms with Crippen LogP contribution in [0.4, 0.5) is 0 Å². The van der Waals surface area contributed by atoms with E-state index < -0.39 is 0 Å². The van der Waals surface area contributed by atoms with Crippen molar-refractivity contribution in [2.24, 2.45) is 0 Å². The van der Waals surface area contributed by atoms with E-state index in [2.05, 4.69) is 4.74 Å². The predicted octanol–water partition coefficient (Wildman–Crippen LogP) is 0.117. The average Bonchev–Trinajstić information content (AvgIpc) is 2.37. The Labute approximate surface area is 103 Å². The molecule has 17 heavy (non-hydrogen) atoms. The molecular weight excluding hydrogens is 226 g/mol. The second kappa shape index (κ2) is 10.5. The molecule has 102 valence electrons. The first-order valence-corrected chi connectivity index (χ1v) is 5.51. The lowest BCUT2D eigenvalue weighted by atomic mass is 10.3. The van der Waals surface area contributed by atoms with E-state index in [1.54, 1.807) is 21.3 Å². The summed E-state index contributed by atoms with van der Waals surface area (Å²) in [5.74, 6) is -0.223. The Bertz CT molecular complexity index is 196. The molecule has 0 aromatic heterocycles. The van der Waals surface area contributed by atoms with E-state index in [4.69, 9.17) is 14.2 Å². The lowest BCUT2D eigenvalue weighted by Crippen LogP contribution is -2.38. The van der Waals surface area contributed by atoms with Crippen molar-refractivity contribution in [1.29, 1.82) is 0 Å². The molecule has 0 heterocycles. The molecule has 0 fully saturated rings. The van der Waals surface area contributed by atoms with Crippen LogP contribution in [0.5, 0.6) is 0 Å². The van der Waals surface area contributed by atoms with Crippen LogP contribution in [0.1, 0.15) is 6.42 Å². The van der Waals surface area contributed by atoms with Crippen LogP contribution in [-0.2, 0) is 23.7 Å². The third-order valence-corrected chi connectivity index (χ3v) is 2.40. The zero-order valence-electron chi connectivity index (χ0n) is 11.1. The maximum atomic E-state index is 11.1. The van der Waals surface area contributed by atoms with Gasteiger partial charge in [-0.15, -0.1) is 0 Å². The van der Waals surface area contributed by atoms with Gasteiger partial charge in [0.15, 0.2) is 6.29 Å². The number of methoxy groups -OCH3 is 4. The van der Waals surface area contributed by atoms with Crippen LogP contribution < -0.4 is 0 Å². The topological polar surface area (TPSA) is 57.2 Å². The van der Waals surface area contributed by atoms with E-state index >= 15 is 0 Å². The highest BCUT2D eigenvalue weighted by molar-refractivity contribution is 5.69. The van der Waals surface area contributed by atoms with Gasteiger partial charge in [-0.2, -0.15) is 0 Å². The summed E-state index contributed by atoms with van der Waals surface area (Å²) in [5.41, 5.74) is 0. The van der Waals surface area contributed by atoms with Crippen molar-refractivity contribution >= 4 is 5.97 Å². The highest BCUT2D eigenvalue weighted by atomic mass is 16.7. The molecule has 0 atom stereocenters. The van der Waals surface area contributed by atoms with E-state index in [-0.39, 0.29) is 12.3 Å². The number of hydrogen-bond acceptors (Lipinski definition) is 6. The second-order valence-electron chi connectivity index (χ2n) is 3.52. The Hall–Kier alpha value is -0.690. The molecule has 0 bridgehead atoms. The van der Waals surface area contributed by atoms with Crippen molar-refractivity contribution in [3.63, 3.8) is 0 Å². The number of carbonyl (C=O) groups is 1. The van der Waals surface area contributed by atoms with Crippen molar-refractivity contribution in [3.05, 3.63) is 0 Å². The molecule has 0 aromatic carbocycles. The van der Waals surface area contributed by atoms with Crippen molar-refractivity contribution in [2.75, 3.05) is 54.7 Å². The minimum atomic E-state index is -0.301. The zero-order chi connectivity index (χ0) is 13.1. The first-order valence-electron chi connectivity index (χ1n) is 5.51. The maximum Gasteiger partial charge on any atom is 0.306 e. The number of esters is 1. The van der Waals surface area contributed by atoms with Crippen molar-refractivity contribution in [1.82, 2.24) is 4.90 Å². The molecule has 0 spiro atoms. The van der Waals surface area contributed by atoms with Crippen molar-refractivity contribution < 1.29 is 23.7 Å². The molecule has 0 saturated heterocycles. The summed E-state index contributed by atoms with van der Waals surface area (Å²) in [6.07, 6.45) is 0.0462. The van der Waals surface area contributed by atoms with E-state index in [0.717, 1.165) is 6.54 Å². The molecule has 0 unspecified atom stereocenters. The smallest absolute Gasteiger partial charge is 0.306 e. The Balaban J connectivity index is 4.07. The molecule has 0 saturated carbocycles. The van der Waals surface area contributed by atoms with Crippen molar-refractivity contribution in [2.45, 2.75) is 12.7 Å². The SMILES string of the molecule is COCCN(CCC(=O)OC)CC(OC)OC. The molecule has 0 amide bonds. The van der Waals surface area contributed by atoms with Crippen molar-refractivity contribution in [3.8, 4) is 0 Å². The fourth-order valence-electron chi connectivity index (χ4n) is 1.32. The summed E-state index contributed by atoms with van der Waals surface area (Å²) in [4.78, 5) is 13.1. The standard InChI is InChI=1S/C11H23NO5/c1-14-8-7-12(6-5-10(13)15-2)9-11(16-3)17-4/h11H,5-9H2,1-4H3. The van der Waals surface area contributed by atoms with Gasteiger partial charge in [0, 0.05) is 41.0 Å². The van der Waals surface area contributed by atoms with Gasteiger partial charge in [-0.1, -0.05) is 0 Å². The first-order chi connectivity index (χ1) is 8.17. The van der Waals surface area contributed by atoms with Gasteiger partial charge in [-0.25, -0.2) is 0 Å². The quantitative estimate of drug-likeness (QED) is 0.405. The van der Waals surface area contributed by atoms with Crippen LogP contribution in [0.15, 0.2) is 0 Å². The molecular formula is C11H23NO5. The van der Waals surface area contributed by atoms with E-state index in [1.165, 1.54) is 7.11 Å². The number of ether oxygens (including phenoxy) is 4. The van der Waals surface area contributed by atoms with Crippen LogP contribution in [0.2, 0.25) is 0 Å². The summed E-state index contributed by atoms with van der Waals surface area (Å²) in [5, 5.41) is 0.